The van der Waals surface area contributed by atoms with Crippen LogP contribution in [0.15, 0.2) is 38.9 Å². The molecule has 6 nitrogen and oxygen atoms in total. The molecule has 1 saturated carbocycles. The second-order valence-corrected chi connectivity index (χ2v) is 8.51. The van der Waals surface area contributed by atoms with Crippen LogP contribution in [-0.4, -0.2) is 24.4 Å². The predicted molar refractivity (Wildman–Crippen MR) is 109 cm³/mol. The molecule has 1 aromatic carbocycles. The highest BCUT2D eigenvalue weighted by Gasteiger charge is 2.23. The minimum absolute atomic E-state index is 0.351. The van der Waals surface area contributed by atoms with E-state index in [0.29, 0.717) is 32.2 Å². The zero-order valence-corrected chi connectivity index (χ0v) is 16.7. The van der Waals surface area contributed by atoms with Gasteiger partial charge in [-0.25, -0.2) is 14.8 Å². The van der Waals surface area contributed by atoms with Crippen molar-refractivity contribution in [1.29, 1.82) is 0 Å². The topological polar surface area (TPSA) is 69.8 Å². The van der Waals surface area contributed by atoms with Gasteiger partial charge in [-0.05, 0) is 37.1 Å². The van der Waals surface area contributed by atoms with Crippen LogP contribution in [0.4, 0.5) is 0 Å². The molecule has 4 rings (SSSR count). The van der Waals surface area contributed by atoms with Gasteiger partial charge in [-0.3, -0.25) is 13.9 Å². The molecule has 140 valence electrons. The monoisotopic (exact) mass is 402 g/mol. The lowest BCUT2D eigenvalue weighted by Crippen LogP contribution is -2.37. The number of thioether (sulfide) groups is 1. The third-order valence-electron chi connectivity index (χ3n) is 4.95. The molecule has 27 heavy (non-hydrogen) atoms. The van der Waals surface area contributed by atoms with Crippen molar-refractivity contribution in [2.24, 2.45) is 14.1 Å². The lowest BCUT2D eigenvalue weighted by Gasteiger charge is -2.14. The highest BCUT2D eigenvalue weighted by Crippen LogP contribution is 2.36. The SMILES string of the molecule is Cn1c(=O)c2c(SC3CCCC3)nc(-c3ccc(Cl)cc3)nc2n(C)c1=O. The van der Waals surface area contributed by atoms with E-state index in [2.05, 4.69) is 4.98 Å². The Balaban J connectivity index is 1.99. The molecule has 8 heteroatoms. The van der Waals surface area contributed by atoms with Crippen molar-refractivity contribution in [3.63, 3.8) is 0 Å². The number of nitrogens with zero attached hydrogens (tertiary/aromatic N) is 4. The smallest absolute Gasteiger partial charge is 0.280 e. The molecule has 0 radical (unpaired) electrons. The molecule has 0 saturated heterocycles. The maximum atomic E-state index is 12.8. The summed E-state index contributed by atoms with van der Waals surface area (Å²) in [4.78, 5) is 34.5. The van der Waals surface area contributed by atoms with Gasteiger partial charge in [-0.2, -0.15) is 0 Å². The Morgan fingerprint density at radius 1 is 1.04 bits per heavy atom. The second kappa shape index (κ2) is 7.13. The molecule has 0 atom stereocenters. The summed E-state index contributed by atoms with van der Waals surface area (Å²) in [6, 6.07) is 7.23. The highest BCUT2D eigenvalue weighted by molar-refractivity contribution is 8.00. The van der Waals surface area contributed by atoms with Gasteiger partial charge in [-0.15, -0.1) is 11.8 Å². The number of hydrogen-bond donors (Lipinski definition) is 0. The first-order valence-electron chi connectivity index (χ1n) is 8.86. The second-order valence-electron chi connectivity index (χ2n) is 6.79. The molecule has 1 aliphatic carbocycles. The largest absolute Gasteiger partial charge is 0.332 e. The van der Waals surface area contributed by atoms with Gasteiger partial charge in [0, 0.05) is 29.9 Å². The van der Waals surface area contributed by atoms with Crippen molar-refractivity contribution < 1.29 is 0 Å². The standard InChI is InChI=1S/C19H19ClN4O2S/c1-23-16-14(18(25)24(2)19(23)26)17(27-13-5-3-4-6-13)22-15(21-16)11-7-9-12(20)10-8-11/h7-10,13H,3-6H2,1-2H3. The van der Waals surface area contributed by atoms with E-state index in [1.807, 2.05) is 12.1 Å². The Labute approximate surface area is 165 Å². The Hall–Kier alpha value is -2.12. The van der Waals surface area contributed by atoms with Gasteiger partial charge < -0.3 is 0 Å². The van der Waals surface area contributed by atoms with Gasteiger partial charge in [0.25, 0.3) is 5.56 Å². The summed E-state index contributed by atoms with van der Waals surface area (Å²) in [5.41, 5.74) is 0.410. The zero-order valence-electron chi connectivity index (χ0n) is 15.1. The Kier molecular flexibility index (Phi) is 4.82. The Bertz CT molecular complexity index is 1130. The quantitative estimate of drug-likeness (QED) is 0.628. The third kappa shape index (κ3) is 3.30. The van der Waals surface area contributed by atoms with Crippen LogP contribution in [0.5, 0.6) is 0 Å². The van der Waals surface area contributed by atoms with E-state index in [4.69, 9.17) is 16.6 Å². The van der Waals surface area contributed by atoms with Crippen molar-refractivity contribution in [2.45, 2.75) is 36.0 Å². The summed E-state index contributed by atoms with van der Waals surface area (Å²) in [5.74, 6) is 0.489. The van der Waals surface area contributed by atoms with Crippen molar-refractivity contribution >= 4 is 34.4 Å². The maximum Gasteiger partial charge on any atom is 0.332 e. The van der Waals surface area contributed by atoms with Gasteiger partial charge >= 0.3 is 5.69 Å². The van der Waals surface area contributed by atoms with E-state index in [-0.39, 0.29) is 5.56 Å². The fraction of sp³-hybridized carbons (Fsp3) is 0.368. The molecule has 0 amide bonds. The van der Waals surface area contributed by atoms with Crippen molar-refractivity contribution in [3.8, 4) is 11.4 Å². The summed E-state index contributed by atoms with van der Waals surface area (Å²) in [5, 5.41) is 2.12. The van der Waals surface area contributed by atoms with E-state index in [1.165, 1.54) is 24.5 Å². The van der Waals surface area contributed by atoms with Crippen LogP contribution in [0.2, 0.25) is 5.02 Å². The van der Waals surface area contributed by atoms with E-state index < -0.39 is 5.69 Å². The molecule has 0 bridgehead atoms. The number of aryl methyl sites for hydroxylation is 1. The number of halogens is 1. The van der Waals surface area contributed by atoms with Crippen LogP contribution in [0.25, 0.3) is 22.4 Å². The molecule has 0 N–H and O–H groups in total. The molecule has 2 heterocycles. The average Bonchev–Trinajstić information content (AvgIpc) is 3.17. The molecule has 1 aliphatic rings. The normalized spacial score (nSPS) is 14.9. The molecular formula is C19H19ClN4O2S. The van der Waals surface area contributed by atoms with Gasteiger partial charge in [0.1, 0.15) is 10.4 Å². The van der Waals surface area contributed by atoms with E-state index in [9.17, 15) is 9.59 Å². The predicted octanol–water partition coefficient (Wildman–Crippen LogP) is 3.38. The van der Waals surface area contributed by atoms with Crippen LogP contribution in [0.1, 0.15) is 25.7 Å². The first kappa shape index (κ1) is 18.3. The average molecular weight is 403 g/mol. The van der Waals surface area contributed by atoms with Gasteiger partial charge in [0.15, 0.2) is 11.5 Å². The number of aromatic nitrogens is 4. The molecule has 1 fully saturated rings. The fourth-order valence-electron chi connectivity index (χ4n) is 3.41. The van der Waals surface area contributed by atoms with Crippen LogP contribution < -0.4 is 11.2 Å². The van der Waals surface area contributed by atoms with E-state index in [0.717, 1.165) is 23.0 Å². The van der Waals surface area contributed by atoms with E-state index >= 15 is 0 Å². The minimum Gasteiger partial charge on any atom is -0.280 e. The summed E-state index contributed by atoms with van der Waals surface area (Å²) >= 11 is 7.61. The molecule has 0 unspecified atom stereocenters. The summed E-state index contributed by atoms with van der Waals surface area (Å²) in [7, 11) is 3.12. The van der Waals surface area contributed by atoms with Crippen LogP contribution in [0.3, 0.4) is 0 Å². The summed E-state index contributed by atoms with van der Waals surface area (Å²) in [6.45, 7) is 0. The number of fused-ring (bicyclic) bond motifs is 1. The highest BCUT2D eigenvalue weighted by atomic mass is 35.5. The van der Waals surface area contributed by atoms with Crippen LogP contribution >= 0.6 is 23.4 Å². The van der Waals surface area contributed by atoms with Crippen molar-refractivity contribution in [3.05, 3.63) is 50.1 Å². The Morgan fingerprint density at radius 3 is 2.37 bits per heavy atom. The van der Waals surface area contributed by atoms with E-state index in [1.54, 1.807) is 30.9 Å². The van der Waals surface area contributed by atoms with Gasteiger partial charge in [0.05, 0.1) is 0 Å². The number of rotatable bonds is 3. The lowest BCUT2D eigenvalue weighted by molar-refractivity contribution is 0.703. The molecular weight excluding hydrogens is 384 g/mol. The molecule has 0 spiro atoms. The minimum atomic E-state index is -0.398. The first-order valence-corrected chi connectivity index (χ1v) is 10.1. The first-order chi connectivity index (χ1) is 13.0. The molecule has 0 aliphatic heterocycles. The number of benzene rings is 1. The van der Waals surface area contributed by atoms with Gasteiger partial charge in [0.2, 0.25) is 0 Å². The third-order valence-corrected chi connectivity index (χ3v) is 6.53. The maximum absolute atomic E-state index is 12.8. The Morgan fingerprint density at radius 2 is 1.70 bits per heavy atom. The van der Waals surface area contributed by atoms with Crippen LogP contribution in [-0.2, 0) is 14.1 Å². The van der Waals surface area contributed by atoms with Crippen LogP contribution in [0, 0.1) is 0 Å². The van der Waals surface area contributed by atoms with Gasteiger partial charge in [-0.1, -0.05) is 24.4 Å². The number of hydrogen-bond acceptors (Lipinski definition) is 5. The lowest BCUT2D eigenvalue weighted by atomic mass is 10.2. The summed E-state index contributed by atoms with van der Waals surface area (Å²) < 4.78 is 2.53. The fourth-order valence-corrected chi connectivity index (χ4v) is 4.85. The molecule has 2 aromatic heterocycles. The summed E-state index contributed by atoms with van der Waals surface area (Å²) in [6.07, 6.45) is 4.61. The molecule has 3 aromatic rings. The zero-order chi connectivity index (χ0) is 19.1. The van der Waals surface area contributed by atoms with Crippen molar-refractivity contribution in [2.75, 3.05) is 0 Å². The van der Waals surface area contributed by atoms with Crippen molar-refractivity contribution in [1.82, 2.24) is 19.1 Å².